The van der Waals surface area contributed by atoms with Gasteiger partial charge in [0.15, 0.2) is 0 Å². The molecule has 1 unspecified atom stereocenters. The summed E-state index contributed by atoms with van der Waals surface area (Å²) in [7, 11) is 0. The van der Waals surface area contributed by atoms with E-state index < -0.39 is 6.04 Å². The molecule has 3 aromatic rings. The summed E-state index contributed by atoms with van der Waals surface area (Å²) in [5, 5.41) is 3.21. The van der Waals surface area contributed by atoms with Crippen LogP contribution in [0.3, 0.4) is 0 Å². The molecule has 0 spiro atoms. The SMILES string of the molecule is Cc1ccc(CC(=O)N(Cc2ccc(F)cc2)C(Cc2ccccc2)C(=O)NC2CCCC2)cc1. The quantitative estimate of drug-likeness (QED) is 0.455. The Bertz CT molecular complexity index is 1110. The minimum absolute atomic E-state index is 0.124. The summed E-state index contributed by atoms with van der Waals surface area (Å²) in [6.07, 6.45) is 4.78. The Labute approximate surface area is 207 Å². The lowest BCUT2D eigenvalue weighted by Gasteiger charge is -2.32. The molecule has 5 heteroatoms. The number of hydrogen-bond acceptors (Lipinski definition) is 2. The lowest BCUT2D eigenvalue weighted by molar-refractivity contribution is -0.141. The number of hydrogen-bond donors (Lipinski definition) is 1. The van der Waals surface area contributed by atoms with E-state index in [1.165, 1.54) is 12.1 Å². The molecular weight excluding hydrogens is 439 g/mol. The van der Waals surface area contributed by atoms with Crippen LogP contribution < -0.4 is 5.32 Å². The van der Waals surface area contributed by atoms with Crippen LogP contribution in [-0.4, -0.2) is 28.8 Å². The molecule has 1 atom stereocenters. The van der Waals surface area contributed by atoms with E-state index in [0.29, 0.717) is 6.42 Å². The fraction of sp³-hybridized carbons (Fsp3) is 0.333. The molecular formula is C30H33FN2O2. The zero-order valence-corrected chi connectivity index (χ0v) is 20.3. The first-order valence-corrected chi connectivity index (χ1v) is 12.4. The maximum absolute atomic E-state index is 13.7. The van der Waals surface area contributed by atoms with Gasteiger partial charge in [0, 0.05) is 19.0 Å². The van der Waals surface area contributed by atoms with Gasteiger partial charge >= 0.3 is 0 Å². The average Bonchev–Trinajstić information content (AvgIpc) is 3.37. The first-order valence-electron chi connectivity index (χ1n) is 12.4. The smallest absolute Gasteiger partial charge is 0.243 e. The number of carbonyl (C=O) groups excluding carboxylic acids is 2. The first kappa shape index (κ1) is 24.6. The summed E-state index contributed by atoms with van der Waals surface area (Å²) < 4.78 is 13.6. The molecule has 4 rings (SSSR count). The van der Waals surface area contributed by atoms with Gasteiger partial charge in [-0.3, -0.25) is 9.59 Å². The van der Waals surface area contributed by atoms with Crippen LogP contribution in [0.4, 0.5) is 4.39 Å². The monoisotopic (exact) mass is 472 g/mol. The molecule has 0 heterocycles. The fourth-order valence-corrected chi connectivity index (χ4v) is 4.69. The molecule has 4 nitrogen and oxygen atoms in total. The van der Waals surface area contributed by atoms with Crippen molar-refractivity contribution >= 4 is 11.8 Å². The molecule has 1 N–H and O–H groups in total. The topological polar surface area (TPSA) is 49.4 Å². The van der Waals surface area contributed by atoms with Gasteiger partial charge in [-0.2, -0.15) is 0 Å². The van der Waals surface area contributed by atoms with Crippen molar-refractivity contribution in [2.45, 2.75) is 64.1 Å². The molecule has 1 aliphatic rings. The lowest BCUT2D eigenvalue weighted by Crippen LogP contribution is -2.52. The third kappa shape index (κ3) is 7.01. The molecule has 0 aromatic heterocycles. The number of nitrogens with one attached hydrogen (secondary N) is 1. The molecule has 0 aliphatic heterocycles. The van der Waals surface area contributed by atoms with Crippen molar-refractivity contribution in [2.24, 2.45) is 0 Å². The van der Waals surface area contributed by atoms with Gasteiger partial charge in [-0.15, -0.1) is 0 Å². The van der Waals surface area contributed by atoms with Gasteiger partial charge in [0.2, 0.25) is 11.8 Å². The van der Waals surface area contributed by atoms with Crippen LogP contribution in [0.5, 0.6) is 0 Å². The van der Waals surface area contributed by atoms with Crippen molar-refractivity contribution in [3.05, 3.63) is 107 Å². The van der Waals surface area contributed by atoms with E-state index >= 15 is 0 Å². The van der Waals surface area contributed by atoms with Gasteiger partial charge in [0.1, 0.15) is 11.9 Å². The third-order valence-electron chi connectivity index (χ3n) is 6.71. The van der Waals surface area contributed by atoms with Crippen LogP contribution in [0.25, 0.3) is 0 Å². The molecule has 1 aliphatic carbocycles. The standard InChI is InChI=1S/C30H33FN2O2/c1-22-11-13-24(14-12-22)20-29(34)33(21-25-15-17-26(31)18-16-25)28(19-23-7-3-2-4-8-23)30(35)32-27-9-5-6-10-27/h2-4,7-8,11-18,27-28H,5-6,9-10,19-21H2,1H3,(H,32,35). The second-order valence-corrected chi connectivity index (χ2v) is 9.51. The molecule has 3 aromatic carbocycles. The van der Waals surface area contributed by atoms with Crippen molar-refractivity contribution in [1.82, 2.24) is 10.2 Å². The largest absolute Gasteiger partial charge is 0.352 e. The molecule has 2 amide bonds. The second kappa shape index (κ2) is 11.8. The van der Waals surface area contributed by atoms with Crippen molar-refractivity contribution in [1.29, 1.82) is 0 Å². The summed E-state index contributed by atoms with van der Waals surface area (Å²) in [4.78, 5) is 29.0. The third-order valence-corrected chi connectivity index (χ3v) is 6.71. The van der Waals surface area contributed by atoms with E-state index in [1.54, 1.807) is 17.0 Å². The molecule has 1 saturated carbocycles. The molecule has 182 valence electrons. The summed E-state index contributed by atoms with van der Waals surface area (Å²) in [6.45, 7) is 2.25. The highest BCUT2D eigenvalue weighted by atomic mass is 19.1. The number of amides is 2. The molecule has 1 fully saturated rings. The van der Waals surface area contributed by atoms with Gasteiger partial charge in [0.25, 0.3) is 0 Å². The number of benzene rings is 3. The van der Waals surface area contributed by atoms with E-state index in [0.717, 1.165) is 47.9 Å². The van der Waals surface area contributed by atoms with E-state index in [1.807, 2.05) is 61.5 Å². The number of nitrogens with zero attached hydrogens (tertiary/aromatic N) is 1. The van der Waals surface area contributed by atoms with Gasteiger partial charge in [-0.1, -0.05) is 85.1 Å². The van der Waals surface area contributed by atoms with Gasteiger partial charge in [0.05, 0.1) is 6.42 Å². The fourth-order valence-electron chi connectivity index (χ4n) is 4.69. The molecule has 0 bridgehead atoms. The Hall–Kier alpha value is -3.47. The Balaban J connectivity index is 1.64. The van der Waals surface area contributed by atoms with E-state index in [-0.39, 0.29) is 36.6 Å². The molecule has 0 saturated heterocycles. The first-order chi connectivity index (χ1) is 17.0. The Morgan fingerprint density at radius 2 is 1.51 bits per heavy atom. The Morgan fingerprint density at radius 3 is 2.17 bits per heavy atom. The highest BCUT2D eigenvalue weighted by Gasteiger charge is 2.32. The van der Waals surface area contributed by atoms with Gasteiger partial charge in [-0.25, -0.2) is 4.39 Å². The maximum atomic E-state index is 13.7. The normalized spacial score (nSPS) is 14.5. The minimum Gasteiger partial charge on any atom is -0.352 e. The van der Waals surface area contributed by atoms with Crippen molar-refractivity contribution in [3.63, 3.8) is 0 Å². The van der Waals surface area contributed by atoms with Crippen LogP contribution in [0.15, 0.2) is 78.9 Å². The molecule has 35 heavy (non-hydrogen) atoms. The van der Waals surface area contributed by atoms with Crippen LogP contribution in [-0.2, 0) is 29.0 Å². The Kier molecular flexibility index (Phi) is 8.30. The second-order valence-electron chi connectivity index (χ2n) is 9.51. The summed E-state index contributed by atoms with van der Waals surface area (Å²) in [6, 6.07) is 23.3. The lowest BCUT2D eigenvalue weighted by atomic mass is 10.0. The van der Waals surface area contributed by atoms with Crippen LogP contribution in [0.2, 0.25) is 0 Å². The average molecular weight is 473 g/mol. The highest BCUT2D eigenvalue weighted by molar-refractivity contribution is 5.89. The zero-order chi connectivity index (χ0) is 24.6. The number of aryl methyl sites for hydroxylation is 1. The zero-order valence-electron chi connectivity index (χ0n) is 20.3. The number of rotatable bonds is 9. The summed E-state index contributed by atoms with van der Waals surface area (Å²) in [5.41, 5.74) is 3.81. The predicted octanol–water partition coefficient (Wildman–Crippen LogP) is 5.38. The van der Waals surface area contributed by atoms with E-state index in [2.05, 4.69) is 5.32 Å². The van der Waals surface area contributed by atoms with Crippen molar-refractivity contribution < 1.29 is 14.0 Å². The minimum atomic E-state index is -0.666. The summed E-state index contributed by atoms with van der Waals surface area (Å²) in [5.74, 6) is -0.577. The molecule has 0 radical (unpaired) electrons. The summed E-state index contributed by atoms with van der Waals surface area (Å²) >= 11 is 0. The van der Waals surface area contributed by atoms with Crippen LogP contribution in [0.1, 0.15) is 47.9 Å². The van der Waals surface area contributed by atoms with Gasteiger partial charge in [-0.05, 0) is 48.6 Å². The predicted molar refractivity (Wildman–Crippen MR) is 136 cm³/mol. The van der Waals surface area contributed by atoms with E-state index in [9.17, 15) is 14.0 Å². The van der Waals surface area contributed by atoms with Crippen LogP contribution in [0, 0.1) is 12.7 Å². The maximum Gasteiger partial charge on any atom is 0.243 e. The van der Waals surface area contributed by atoms with Crippen molar-refractivity contribution in [2.75, 3.05) is 0 Å². The van der Waals surface area contributed by atoms with Gasteiger partial charge < -0.3 is 10.2 Å². The van der Waals surface area contributed by atoms with Crippen molar-refractivity contribution in [3.8, 4) is 0 Å². The number of carbonyl (C=O) groups is 2. The Morgan fingerprint density at radius 1 is 0.886 bits per heavy atom. The highest BCUT2D eigenvalue weighted by Crippen LogP contribution is 2.21. The van der Waals surface area contributed by atoms with Crippen LogP contribution >= 0.6 is 0 Å². The van der Waals surface area contributed by atoms with E-state index in [4.69, 9.17) is 0 Å². The number of halogens is 1.